The summed E-state index contributed by atoms with van der Waals surface area (Å²) in [6.07, 6.45) is 0.908. The molecule has 1 aromatic rings. The second-order valence-electron chi connectivity index (χ2n) is 4.34. The Bertz CT molecular complexity index is 465. The Balaban J connectivity index is 2.48. The molecule has 1 aromatic carbocycles. The van der Waals surface area contributed by atoms with Gasteiger partial charge in [-0.1, -0.05) is 13.0 Å². The molecule has 1 atom stereocenters. The number of amides is 1. The lowest BCUT2D eigenvalue weighted by Crippen LogP contribution is -2.46. The van der Waals surface area contributed by atoms with Gasteiger partial charge in [0.15, 0.2) is 5.11 Å². The minimum absolute atomic E-state index is 0.0679. The number of carbonyl (C=O) groups is 1. The fourth-order valence-corrected chi connectivity index (χ4v) is 1.83. The molecule has 1 rings (SSSR count). The Kier molecular flexibility index (Phi) is 6.79. The maximum atomic E-state index is 11.7. The van der Waals surface area contributed by atoms with Gasteiger partial charge in [0.2, 0.25) is 5.91 Å². The van der Waals surface area contributed by atoms with Crippen LogP contribution in [0.3, 0.4) is 0 Å². The van der Waals surface area contributed by atoms with Crippen LogP contribution in [0.2, 0.25) is 0 Å². The zero-order valence-corrected chi connectivity index (χ0v) is 12.8. The van der Waals surface area contributed by atoms with E-state index in [0.717, 1.165) is 17.9 Å². The van der Waals surface area contributed by atoms with Gasteiger partial charge in [0.25, 0.3) is 0 Å². The van der Waals surface area contributed by atoms with Crippen molar-refractivity contribution in [2.75, 3.05) is 19.0 Å². The third-order valence-electron chi connectivity index (χ3n) is 2.62. The van der Waals surface area contributed by atoms with Crippen LogP contribution in [-0.4, -0.2) is 30.7 Å². The maximum Gasteiger partial charge on any atom is 0.242 e. The first-order valence-corrected chi connectivity index (χ1v) is 6.97. The number of anilines is 1. The summed E-state index contributed by atoms with van der Waals surface area (Å²) in [5, 5.41) is 9.17. The summed E-state index contributed by atoms with van der Waals surface area (Å²) in [6.45, 7) is 4.44. The molecule has 0 aliphatic heterocycles. The Morgan fingerprint density at radius 1 is 1.45 bits per heavy atom. The van der Waals surface area contributed by atoms with Crippen LogP contribution in [0, 0.1) is 0 Å². The van der Waals surface area contributed by atoms with E-state index in [0.29, 0.717) is 11.7 Å². The second kappa shape index (κ2) is 8.37. The molecule has 0 aromatic heterocycles. The van der Waals surface area contributed by atoms with Crippen LogP contribution in [0.5, 0.6) is 5.75 Å². The van der Waals surface area contributed by atoms with E-state index in [2.05, 4.69) is 16.0 Å². The first kappa shape index (κ1) is 16.2. The number of methoxy groups -OCH3 is 1. The topological polar surface area (TPSA) is 62.4 Å². The molecule has 20 heavy (non-hydrogen) atoms. The molecule has 0 fully saturated rings. The van der Waals surface area contributed by atoms with Crippen molar-refractivity contribution < 1.29 is 9.53 Å². The van der Waals surface area contributed by atoms with Gasteiger partial charge < -0.3 is 20.7 Å². The number of nitrogens with one attached hydrogen (secondary N) is 3. The number of benzene rings is 1. The molecule has 1 amide bonds. The van der Waals surface area contributed by atoms with E-state index in [1.165, 1.54) is 0 Å². The summed E-state index contributed by atoms with van der Waals surface area (Å²) in [5.74, 6) is 0.674. The molecule has 0 bridgehead atoms. The van der Waals surface area contributed by atoms with Crippen LogP contribution in [-0.2, 0) is 4.79 Å². The fourth-order valence-electron chi connectivity index (χ4n) is 1.53. The third kappa shape index (κ3) is 5.44. The van der Waals surface area contributed by atoms with Crippen LogP contribution in [0.15, 0.2) is 24.3 Å². The van der Waals surface area contributed by atoms with Gasteiger partial charge in [0, 0.05) is 18.3 Å². The summed E-state index contributed by atoms with van der Waals surface area (Å²) in [6, 6.07) is 7.03. The third-order valence-corrected chi connectivity index (χ3v) is 2.84. The van der Waals surface area contributed by atoms with Crippen LogP contribution in [0.4, 0.5) is 5.69 Å². The van der Waals surface area contributed by atoms with Gasteiger partial charge in [-0.25, -0.2) is 0 Å². The highest BCUT2D eigenvalue weighted by atomic mass is 32.1. The van der Waals surface area contributed by atoms with E-state index in [1.807, 2.05) is 31.2 Å². The number of hydrogen-bond donors (Lipinski definition) is 3. The van der Waals surface area contributed by atoms with Crippen molar-refractivity contribution >= 4 is 28.9 Å². The molecule has 0 heterocycles. The lowest BCUT2D eigenvalue weighted by atomic mass is 10.3. The predicted octanol–water partition coefficient (Wildman–Crippen LogP) is 1.90. The molecule has 6 heteroatoms. The molecule has 3 N–H and O–H groups in total. The van der Waals surface area contributed by atoms with Gasteiger partial charge in [0.1, 0.15) is 11.8 Å². The van der Waals surface area contributed by atoms with E-state index in [4.69, 9.17) is 17.0 Å². The van der Waals surface area contributed by atoms with Gasteiger partial charge in [-0.15, -0.1) is 0 Å². The van der Waals surface area contributed by atoms with Crippen molar-refractivity contribution in [2.45, 2.75) is 26.3 Å². The zero-order valence-electron chi connectivity index (χ0n) is 12.0. The van der Waals surface area contributed by atoms with Gasteiger partial charge in [0.05, 0.1) is 7.11 Å². The van der Waals surface area contributed by atoms with Gasteiger partial charge in [-0.2, -0.15) is 0 Å². The van der Waals surface area contributed by atoms with Crippen LogP contribution < -0.4 is 20.7 Å². The Labute approximate surface area is 125 Å². The van der Waals surface area contributed by atoms with E-state index < -0.39 is 0 Å². The second-order valence-corrected chi connectivity index (χ2v) is 4.75. The molecule has 0 spiro atoms. The van der Waals surface area contributed by atoms with Crippen molar-refractivity contribution in [1.29, 1.82) is 0 Å². The van der Waals surface area contributed by atoms with Crippen molar-refractivity contribution in [1.82, 2.24) is 10.6 Å². The minimum atomic E-state index is -0.382. The van der Waals surface area contributed by atoms with E-state index in [1.54, 1.807) is 14.0 Å². The highest BCUT2D eigenvalue weighted by molar-refractivity contribution is 7.80. The maximum absolute atomic E-state index is 11.7. The average molecular weight is 295 g/mol. The van der Waals surface area contributed by atoms with Crippen LogP contribution in [0.1, 0.15) is 20.3 Å². The molecule has 0 aliphatic rings. The van der Waals surface area contributed by atoms with Gasteiger partial charge in [-0.05, 0) is 37.7 Å². The standard InChI is InChI=1S/C14H21N3O2S/c1-4-8-15-13(18)10(2)16-14(20)17-11-6-5-7-12(9-11)19-3/h5-7,9-10H,4,8H2,1-3H3,(H,15,18)(H2,16,17,20)/t10-/m0/s1. The Morgan fingerprint density at radius 3 is 2.85 bits per heavy atom. The summed E-state index contributed by atoms with van der Waals surface area (Å²) in [4.78, 5) is 11.7. The van der Waals surface area contributed by atoms with Crippen molar-refractivity contribution in [3.8, 4) is 5.75 Å². The minimum Gasteiger partial charge on any atom is -0.497 e. The summed E-state index contributed by atoms with van der Waals surface area (Å²) < 4.78 is 5.13. The average Bonchev–Trinajstić information content (AvgIpc) is 2.44. The number of carbonyl (C=O) groups excluding carboxylic acids is 1. The highest BCUT2D eigenvalue weighted by Gasteiger charge is 2.12. The monoisotopic (exact) mass is 295 g/mol. The van der Waals surface area contributed by atoms with Gasteiger partial charge in [-0.3, -0.25) is 4.79 Å². The first-order valence-electron chi connectivity index (χ1n) is 6.56. The first-order chi connectivity index (χ1) is 9.56. The smallest absolute Gasteiger partial charge is 0.242 e. The van der Waals surface area contributed by atoms with E-state index in [-0.39, 0.29) is 11.9 Å². The quantitative estimate of drug-likeness (QED) is 0.700. The number of hydrogen-bond acceptors (Lipinski definition) is 3. The SMILES string of the molecule is CCCNC(=O)[C@H](C)NC(=S)Nc1cccc(OC)c1. The lowest BCUT2D eigenvalue weighted by molar-refractivity contribution is -0.122. The zero-order chi connectivity index (χ0) is 15.0. The largest absolute Gasteiger partial charge is 0.497 e. The summed E-state index contributed by atoms with van der Waals surface area (Å²) in [5.41, 5.74) is 0.808. The summed E-state index contributed by atoms with van der Waals surface area (Å²) in [7, 11) is 1.61. The van der Waals surface area contributed by atoms with E-state index in [9.17, 15) is 4.79 Å². The molecule has 0 unspecified atom stereocenters. The van der Waals surface area contributed by atoms with Crippen LogP contribution in [0.25, 0.3) is 0 Å². The Hall–Kier alpha value is -1.82. The van der Waals surface area contributed by atoms with E-state index >= 15 is 0 Å². The van der Waals surface area contributed by atoms with Gasteiger partial charge >= 0.3 is 0 Å². The van der Waals surface area contributed by atoms with Crippen molar-refractivity contribution in [3.05, 3.63) is 24.3 Å². The molecule has 5 nitrogen and oxygen atoms in total. The lowest BCUT2D eigenvalue weighted by Gasteiger charge is -2.16. The predicted molar refractivity (Wildman–Crippen MR) is 85.1 cm³/mol. The molecule has 0 radical (unpaired) electrons. The number of rotatable bonds is 6. The fraction of sp³-hybridized carbons (Fsp3) is 0.429. The highest BCUT2D eigenvalue weighted by Crippen LogP contribution is 2.16. The normalized spacial score (nSPS) is 11.3. The number of ether oxygens (including phenoxy) is 1. The summed E-state index contributed by atoms with van der Waals surface area (Å²) >= 11 is 5.18. The van der Waals surface area contributed by atoms with Crippen molar-refractivity contribution in [3.63, 3.8) is 0 Å². The Morgan fingerprint density at radius 2 is 2.20 bits per heavy atom. The molecular formula is C14H21N3O2S. The van der Waals surface area contributed by atoms with Crippen LogP contribution >= 0.6 is 12.2 Å². The van der Waals surface area contributed by atoms with Crippen molar-refractivity contribution in [2.24, 2.45) is 0 Å². The molecule has 110 valence electrons. The molecule has 0 saturated heterocycles. The molecule has 0 aliphatic carbocycles. The number of thiocarbonyl (C=S) groups is 1. The molecule has 0 saturated carbocycles. The molecular weight excluding hydrogens is 274 g/mol.